The number of fused-ring (bicyclic) bond motifs is 1. The first kappa shape index (κ1) is 19.9. The molecule has 4 heterocycles. The van der Waals surface area contributed by atoms with Crippen LogP contribution in [0.3, 0.4) is 0 Å². The van der Waals surface area contributed by atoms with Crippen molar-refractivity contribution < 1.29 is 4.79 Å². The van der Waals surface area contributed by atoms with Gasteiger partial charge in [-0.15, -0.1) is 0 Å². The van der Waals surface area contributed by atoms with Crippen LogP contribution in [0.15, 0.2) is 61.1 Å². The van der Waals surface area contributed by atoms with E-state index in [1.165, 1.54) is 19.3 Å². The molecule has 1 aliphatic heterocycles. The Morgan fingerprint density at radius 2 is 1.91 bits per heavy atom. The van der Waals surface area contributed by atoms with Crippen LogP contribution in [0, 0.1) is 5.41 Å². The molecule has 1 aromatic carbocycles. The molecule has 1 unspecified atom stereocenters. The van der Waals surface area contributed by atoms with Crippen molar-refractivity contribution >= 4 is 23.1 Å². The number of anilines is 2. The van der Waals surface area contributed by atoms with Gasteiger partial charge in [0.05, 0.1) is 0 Å². The van der Waals surface area contributed by atoms with E-state index in [1.54, 1.807) is 30.6 Å². The number of imidazole rings is 1. The van der Waals surface area contributed by atoms with E-state index in [-0.39, 0.29) is 5.91 Å². The SMILES string of the molecule is Nc1nccn2c(C3CC34CCNCC4)nc(-c3ccc(C(=O)Nc4ccccn4)cc3)c12. The van der Waals surface area contributed by atoms with Crippen molar-refractivity contribution in [1.29, 1.82) is 0 Å². The van der Waals surface area contributed by atoms with Gasteiger partial charge in [-0.05, 0) is 62.0 Å². The second kappa shape index (κ2) is 7.67. The Bertz CT molecular complexity index is 1320. The number of nitrogen functional groups attached to an aromatic ring is 1. The van der Waals surface area contributed by atoms with Gasteiger partial charge in [0.2, 0.25) is 0 Å². The van der Waals surface area contributed by atoms with E-state index in [4.69, 9.17) is 10.7 Å². The maximum Gasteiger partial charge on any atom is 0.256 e. The summed E-state index contributed by atoms with van der Waals surface area (Å²) in [5.74, 6) is 2.27. The lowest BCUT2D eigenvalue weighted by molar-refractivity contribution is 0.102. The smallest absolute Gasteiger partial charge is 0.256 e. The first-order valence-corrected chi connectivity index (χ1v) is 11.3. The number of carbonyl (C=O) groups is 1. The average Bonchev–Trinajstić information content (AvgIpc) is 3.37. The molecule has 1 spiro atoms. The molecule has 1 aliphatic carbocycles. The van der Waals surface area contributed by atoms with E-state index >= 15 is 0 Å². The second-order valence-electron chi connectivity index (χ2n) is 8.97. The van der Waals surface area contributed by atoms with Gasteiger partial charge in [-0.1, -0.05) is 18.2 Å². The molecule has 2 aliphatic rings. The Kier molecular flexibility index (Phi) is 4.62. The number of pyridine rings is 1. The highest BCUT2D eigenvalue weighted by Gasteiger charge is 2.56. The Morgan fingerprint density at radius 3 is 2.67 bits per heavy atom. The largest absolute Gasteiger partial charge is 0.382 e. The normalized spacial score (nSPS) is 19.0. The molecule has 4 aromatic rings. The highest BCUT2D eigenvalue weighted by atomic mass is 16.1. The van der Waals surface area contributed by atoms with Gasteiger partial charge in [0.1, 0.15) is 28.7 Å². The van der Waals surface area contributed by atoms with E-state index in [9.17, 15) is 4.79 Å². The average molecular weight is 440 g/mol. The second-order valence-corrected chi connectivity index (χ2v) is 8.97. The molecule has 1 atom stereocenters. The van der Waals surface area contributed by atoms with E-state index < -0.39 is 0 Å². The lowest BCUT2D eigenvalue weighted by Gasteiger charge is -2.23. The number of amides is 1. The van der Waals surface area contributed by atoms with Gasteiger partial charge < -0.3 is 16.4 Å². The van der Waals surface area contributed by atoms with Gasteiger partial charge in [-0.2, -0.15) is 0 Å². The fourth-order valence-electron chi connectivity index (χ4n) is 5.13. The zero-order chi connectivity index (χ0) is 22.4. The molecule has 4 N–H and O–H groups in total. The summed E-state index contributed by atoms with van der Waals surface area (Å²) in [5.41, 5.74) is 9.76. The summed E-state index contributed by atoms with van der Waals surface area (Å²) in [4.78, 5) is 26.1. The number of hydrogen-bond donors (Lipinski definition) is 3. The highest BCUT2D eigenvalue weighted by molar-refractivity contribution is 6.04. The van der Waals surface area contributed by atoms with Crippen LogP contribution in [0.2, 0.25) is 0 Å². The zero-order valence-corrected chi connectivity index (χ0v) is 18.2. The molecule has 166 valence electrons. The van der Waals surface area contributed by atoms with Crippen LogP contribution in [0.4, 0.5) is 11.6 Å². The lowest BCUT2D eigenvalue weighted by Crippen LogP contribution is -2.29. The van der Waals surface area contributed by atoms with E-state index in [0.717, 1.165) is 35.7 Å². The number of rotatable bonds is 4. The van der Waals surface area contributed by atoms with Gasteiger partial charge in [-0.25, -0.2) is 15.0 Å². The number of nitrogens with one attached hydrogen (secondary N) is 2. The third kappa shape index (κ3) is 3.43. The summed E-state index contributed by atoms with van der Waals surface area (Å²) in [6, 6.07) is 12.8. The first-order valence-electron chi connectivity index (χ1n) is 11.3. The number of carbonyl (C=O) groups excluding carboxylic acids is 1. The third-order valence-electron chi connectivity index (χ3n) is 7.04. The molecule has 8 nitrogen and oxygen atoms in total. The van der Waals surface area contributed by atoms with Crippen molar-refractivity contribution in [2.75, 3.05) is 24.1 Å². The molecule has 8 heteroatoms. The molecular weight excluding hydrogens is 414 g/mol. The zero-order valence-electron chi connectivity index (χ0n) is 18.2. The summed E-state index contributed by atoms with van der Waals surface area (Å²) >= 11 is 0. The van der Waals surface area contributed by atoms with Crippen LogP contribution >= 0.6 is 0 Å². The third-order valence-corrected chi connectivity index (χ3v) is 7.04. The van der Waals surface area contributed by atoms with E-state index in [0.29, 0.717) is 28.5 Å². The van der Waals surface area contributed by atoms with Crippen LogP contribution in [-0.2, 0) is 0 Å². The minimum atomic E-state index is -0.206. The highest BCUT2D eigenvalue weighted by Crippen LogP contribution is 2.64. The molecule has 3 aromatic heterocycles. The molecule has 6 rings (SSSR count). The van der Waals surface area contributed by atoms with Gasteiger partial charge in [-0.3, -0.25) is 9.20 Å². The standard InChI is InChI=1S/C25H25N7O/c26-22-21-20(16-4-6-17(7-5-16)24(33)30-19-3-1-2-10-28-19)31-23(32(21)14-13-29-22)18-15-25(18)8-11-27-12-9-25/h1-7,10,13-14,18,27H,8-9,11-12,15H2,(H2,26,29)(H,28,30,33). The number of nitrogens with two attached hydrogens (primary N) is 1. The summed E-state index contributed by atoms with van der Waals surface area (Å²) in [6.07, 6.45) is 8.87. The van der Waals surface area contributed by atoms with Crippen LogP contribution < -0.4 is 16.4 Å². The van der Waals surface area contributed by atoms with Gasteiger partial charge in [0, 0.05) is 35.6 Å². The van der Waals surface area contributed by atoms with Crippen molar-refractivity contribution in [1.82, 2.24) is 24.7 Å². The number of aromatic nitrogens is 4. The summed E-state index contributed by atoms with van der Waals surface area (Å²) < 4.78 is 2.11. The molecule has 1 saturated heterocycles. The number of benzene rings is 1. The predicted octanol–water partition coefficient (Wildman–Crippen LogP) is 3.48. The Morgan fingerprint density at radius 1 is 1.09 bits per heavy atom. The summed E-state index contributed by atoms with van der Waals surface area (Å²) in [6.45, 7) is 2.14. The molecule has 0 radical (unpaired) electrons. The molecule has 1 saturated carbocycles. The lowest BCUT2D eigenvalue weighted by atomic mass is 9.92. The van der Waals surface area contributed by atoms with Gasteiger partial charge in [0.25, 0.3) is 5.91 Å². The molecular formula is C25H25N7O. The van der Waals surface area contributed by atoms with Gasteiger partial charge in [0.15, 0.2) is 0 Å². The van der Waals surface area contributed by atoms with Crippen molar-refractivity contribution in [2.45, 2.75) is 25.2 Å². The number of piperidine rings is 1. The molecule has 0 bridgehead atoms. The van der Waals surface area contributed by atoms with Crippen LogP contribution in [0.25, 0.3) is 16.8 Å². The minimum Gasteiger partial charge on any atom is -0.382 e. The fraction of sp³-hybridized carbons (Fsp3) is 0.280. The quantitative estimate of drug-likeness (QED) is 0.449. The first-order chi connectivity index (χ1) is 16.1. The number of nitrogens with zero attached hydrogens (tertiary/aromatic N) is 4. The topological polar surface area (TPSA) is 110 Å². The van der Waals surface area contributed by atoms with Crippen LogP contribution in [0.5, 0.6) is 0 Å². The van der Waals surface area contributed by atoms with E-state index in [2.05, 4.69) is 25.0 Å². The summed E-state index contributed by atoms with van der Waals surface area (Å²) in [7, 11) is 0. The van der Waals surface area contributed by atoms with Gasteiger partial charge >= 0.3 is 0 Å². The minimum absolute atomic E-state index is 0.206. The van der Waals surface area contributed by atoms with Crippen LogP contribution in [0.1, 0.15) is 41.4 Å². The van der Waals surface area contributed by atoms with Crippen molar-refractivity contribution in [3.63, 3.8) is 0 Å². The predicted molar refractivity (Wildman–Crippen MR) is 127 cm³/mol. The maximum absolute atomic E-state index is 12.6. The Hall–Kier alpha value is -3.78. The molecule has 33 heavy (non-hydrogen) atoms. The molecule has 1 amide bonds. The maximum atomic E-state index is 12.6. The van der Waals surface area contributed by atoms with E-state index in [1.807, 2.05) is 30.5 Å². The fourth-order valence-corrected chi connectivity index (χ4v) is 5.13. The molecule has 2 fully saturated rings. The van der Waals surface area contributed by atoms with Crippen molar-refractivity contribution in [3.05, 3.63) is 72.4 Å². The summed E-state index contributed by atoms with van der Waals surface area (Å²) in [5, 5.41) is 6.28. The van der Waals surface area contributed by atoms with Crippen molar-refractivity contribution in [3.8, 4) is 11.3 Å². The Balaban J connectivity index is 1.33. The Labute approximate surface area is 191 Å². The van der Waals surface area contributed by atoms with Crippen LogP contribution in [-0.4, -0.2) is 38.3 Å². The monoisotopic (exact) mass is 439 g/mol. The number of hydrogen-bond acceptors (Lipinski definition) is 6. The van der Waals surface area contributed by atoms with Crippen molar-refractivity contribution in [2.24, 2.45) is 5.41 Å².